The van der Waals surface area contributed by atoms with Gasteiger partial charge in [0.05, 0.1) is 11.0 Å². The van der Waals surface area contributed by atoms with Crippen LogP contribution < -0.4 is 19.7 Å². The predicted molar refractivity (Wildman–Crippen MR) is 126 cm³/mol. The van der Waals surface area contributed by atoms with E-state index in [1.807, 2.05) is 80.5 Å². The second kappa shape index (κ2) is 7.92. The molecule has 0 unspecified atom stereocenters. The summed E-state index contributed by atoms with van der Waals surface area (Å²) in [4.78, 5) is 22.9. The molecule has 0 atom stereocenters. The van der Waals surface area contributed by atoms with E-state index in [4.69, 9.17) is 14.5 Å². The van der Waals surface area contributed by atoms with Crippen molar-refractivity contribution in [1.82, 2.24) is 9.97 Å². The predicted octanol–water partition coefficient (Wildman–Crippen LogP) is 4.63. The average Bonchev–Trinajstić information content (AvgIpc) is 3.20. The number of aromatic nitrogens is 2. The summed E-state index contributed by atoms with van der Waals surface area (Å²) in [5.41, 5.74) is 6.00. The van der Waals surface area contributed by atoms with Crippen LogP contribution in [-0.2, 0) is 0 Å². The van der Waals surface area contributed by atoms with E-state index < -0.39 is 0 Å². The summed E-state index contributed by atoms with van der Waals surface area (Å²) >= 11 is 0. The zero-order valence-corrected chi connectivity index (χ0v) is 18.2. The maximum absolute atomic E-state index is 12.8. The summed E-state index contributed by atoms with van der Waals surface area (Å²) in [6.07, 6.45) is 0. The molecule has 0 radical (unpaired) electrons. The number of rotatable bonds is 4. The van der Waals surface area contributed by atoms with Crippen LogP contribution in [0.15, 0.2) is 54.6 Å². The van der Waals surface area contributed by atoms with Crippen LogP contribution in [0.5, 0.6) is 11.5 Å². The molecule has 1 aromatic heterocycles. The highest BCUT2D eigenvalue weighted by atomic mass is 16.6. The molecule has 5 rings (SSSR count). The monoisotopic (exact) mass is 428 g/mol. The molecule has 1 amide bonds. The fraction of sp³-hybridized carbons (Fsp3) is 0.200. The third kappa shape index (κ3) is 3.73. The number of carbonyl (C=O) groups excluding carboxylic acids is 1. The number of nitrogens with one attached hydrogen (secondary N) is 2. The third-order valence-electron chi connectivity index (χ3n) is 5.48. The van der Waals surface area contributed by atoms with Gasteiger partial charge in [-0.05, 0) is 42.8 Å². The molecular weight excluding hydrogens is 404 g/mol. The number of fused-ring (bicyclic) bond motifs is 2. The topological polar surface area (TPSA) is 79.5 Å². The van der Waals surface area contributed by atoms with Gasteiger partial charge in [-0.3, -0.25) is 4.79 Å². The van der Waals surface area contributed by atoms with Crippen molar-refractivity contribution in [3.05, 3.63) is 65.7 Å². The van der Waals surface area contributed by atoms with Crippen LogP contribution in [0.3, 0.4) is 0 Å². The van der Waals surface area contributed by atoms with Gasteiger partial charge in [0.1, 0.15) is 19.0 Å². The van der Waals surface area contributed by atoms with E-state index in [9.17, 15) is 4.79 Å². The summed E-state index contributed by atoms with van der Waals surface area (Å²) in [6, 6.07) is 17.1. The van der Waals surface area contributed by atoms with E-state index >= 15 is 0 Å². The van der Waals surface area contributed by atoms with Crippen molar-refractivity contribution in [2.75, 3.05) is 37.5 Å². The lowest BCUT2D eigenvalue weighted by molar-refractivity contribution is 0.102. The second-order valence-electron chi connectivity index (χ2n) is 8.03. The maximum atomic E-state index is 12.8. The fourth-order valence-corrected chi connectivity index (χ4v) is 3.93. The van der Waals surface area contributed by atoms with Gasteiger partial charge >= 0.3 is 0 Å². The fourth-order valence-electron chi connectivity index (χ4n) is 3.93. The van der Waals surface area contributed by atoms with E-state index in [1.54, 1.807) is 0 Å². The lowest BCUT2D eigenvalue weighted by Crippen LogP contribution is -2.15. The van der Waals surface area contributed by atoms with Gasteiger partial charge in [-0.2, -0.15) is 0 Å². The highest BCUT2D eigenvalue weighted by molar-refractivity contribution is 6.05. The number of H-pyrrole nitrogens is 1. The van der Waals surface area contributed by atoms with Crippen molar-refractivity contribution >= 4 is 28.3 Å². The van der Waals surface area contributed by atoms with Crippen molar-refractivity contribution in [1.29, 1.82) is 0 Å². The molecule has 0 saturated heterocycles. The van der Waals surface area contributed by atoms with Crippen LogP contribution in [0.2, 0.25) is 0 Å². The molecule has 3 aromatic carbocycles. The molecular formula is C25H24N4O3. The normalized spacial score (nSPS) is 12.6. The number of aryl methyl sites for hydroxylation is 1. The van der Waals surface area contributed by atoms with Crippen LogP contribution in [0.25, 0.3) is 22.4 Å². The summed E-state index contributed by atoms with van der Waals surface area (Å²) < 4.78 is 11.3. The van der Waals surface area contributed by atoms with E-state index in [1.165, 1.54) is 0 Å². The molecule has 2 N–H and O–H groups in total. The first-order valence-electron chi connectivity index (χ1n) is 10.5. The van der Waals surface area contributed by atoms with Crippen molar-refractivity contribution in [3.63, 3.8) is 0 Å². The molecule has 32 heavy (non-hydrogen) atoms. The van der Waals surface area contributed by atoms with Crippen molar-refractivity contribution in [2.24, 2.45) is 0 Å². The number of carbonyl (C=O) groups is 1. The molecule has 162 valence electrons. The molecule has 0 spiro atoms. The Balaban J connectivity index is 1.40. The Kier molecular flexibility index (Phi) is 4.93. The SMILES string of the molecule is Cc1cc(C(=O)Nc2cccc(-c3nc4cc5c(cc4[nH]3)OCCO5)c2)ccc1N(C)C. The van der Waals surface area contributed by atoms with Crippen molar-refractivity contribution < 1.29 is 14.3 Å². The highest BCUT2D eigenvalue weighted by Crippen LogP contribution is 2.35. The summed E-state index contributed by atoms with van der Waals surface area (Å²) in [7, 11) is 3.97. The number of anilines is 2. The van der Waals surface area contributed by atoms with Gasteiger partial charge in [0.2, 0.25) is 0 Å². The number of hydrogen-bond donors (Lipinski definition) is 2. The quantitative estimate of drug-likeness (QED) is 0.496. The van der Waals surface area contributed by atoms with Crippen LogP contribution in [0.1, 0.15) is 15.9 Å². The van der Waals surface area contributed by atoms with Crippen molar-refractivity contribution in [3.8, 4) is 22.9 Å². The Morgan fingerprint density at radius 2 is 1.81 bits per heavy atom. The lowest BCUT2D eigenvalue weighted by atomic mass is 10.1. The first-order valence-corrected chi connectivity index (χ1v) is 10.5. The van der Waals surface area contributed by atoms with Gasteiger partial charge in [0, 0.05) is 48.7 Å². The molecule has 0 saturated carbocycles. The molecule has 0 aliphatic carbocycles. The van der Waals surface area contributed by atoms with Gasteiger partial charge in [-0.25, -0.2) is 4.98 Å². The lowest BCUT2D eigenvalue weighted by Gasteiger charge is -2.17. The molecule has 7 nitrogen and oxygen atoms in total. The Morgan fingerprint density at radius 1 is 1.03 bits per heavy atom. The number of aromatic amines is 1. The number of imidazole rings is 1. The highest BCUT2D eigenvalue weighted by Gasteiger charge is 2.16. The standard InChI is InChI=1S/C25H24N4O3/c1-15-11-17(7-8-21(15)29(2)3)25(30)26-18-6-4-5-16(12-18)24-27-19-13-22-23(14-20(19)28-24)32-10-9-31-22/h4-8,11-14H,9-10H2,1-3H3,(H,26,30)(H,27,28). The minimum absolute atomic E-state index is 0.151. The third-order valence-corrected chi connectivity index (χ3v) is 5.48. The zero-order chi connectivity index (χ0) is 22.2. The van der Waals surface area contributed by atoms with E-state index in [0.717, 1.165) is 33.6 Å². The largest absolute Gasteiger partial charge is 0.486 e. The van der Waals surface area contributed by atoms with Gasteiger partial charge in [-0.15, -0.1) is 0 Å². The van der Waals surface area contributed by atoms with E-state index in [0.29, 0.717) is 36.0 Å². The minimum atomic E-state index is -0.151. The molecule has 1 aliphatic rings. The second-order valence-corrected chi connectivity index (χ2v) is 8.03. The molecule has 1 aliphatic heterocycles. The maximum Gasteiger partial charge on any atom is 0.255 e. The number of nitrogens with zero attached hydrogens (tertiary/aromatic N) is 2. The van der Waals surface area contributed by atoms with Crippen LogP contribution in [0, 0.1) is 6.92 Å². The molecule has 2 heterocycles. The van der Waals surface area contributed by atoms with Crippen molar-refractivity contribution in [2.45, 2.75) is 6.92 Å². The smallest absolute Gasteiger partial charge is 0.255 e. The molecule has 0 fully saturated rings. The summed E-state index contributed by atoms with van der Waals surface area (Å²) in [5.74, 6) is 1.99. The Bertz CT molecular complexity index is 1280. The van der Waals surface area contributed by atoms with E-state index in [-0.39, 0.29) is 5.91 Å². The van der Waals surface area contributed by atoms with Crippen LogP contribution in [-0.4, -0.2) is 43.2 Å². The van der Waals surface area contributed by atoms with Crippen LogP contribution in [0.4, 0.5) is 11.4 Å². The van der Waals surface area contributed by atoms with Gasteiger partial charge in [-0.1, -0.05) is 12.1 Å². The van der Waals surface area contributed by atoms with Gasteiger partial charge < -0.3 is 24.7 Å². The van der Waals surface area contributed by atoms with E-state index in [2.05, 4.69) is 10.3 Å². The molecule has 0 bridgehead atoms. The Hall–Kier alpha value is -4.00. The first-order chi connectivity index (χ1) is 15.5. The van der Waals surface area contributed by atoms with Gasteiger partial charge in [0.15, 0.2) is 11.5 Å². The Morgan fingerprint density at radius 3 is 2.56 bits per heavy atom. The summed E-state index contributed by atoms with van der Waals surface area (Å²) in [6.45, 7) is 3.08. The average molecular weight is 428 g/mol. The number of amides is 1. The minimum Gasteiger partial charge on any atom is -0.486 e. The van der Waals surface area contributed by atoms with Crippen LogP contribution >= 0.6 is 0 Å². The summed E-state index contributed by atoms with van der Waals surface area (Å²) in [5, 5.41) is 2.99. The molecule has 7 heteroatoms. The van der Waals surface area contributed by atoms with Gasteiger partial charge in [0.25, 0.3) is 5.91 Å². The number of benzene rings is 3. The zero-order valence-electron chi connectivity index (χ0n) is 18.2. The molecule has 4 aromatic rings. The number of hydrogen-bond acceptors (Lipinski definition) is 5. The Labute approximate surface area is 186 Å². The first kappa shape index (κ1) is 19.9. The number of ether oxygens (including phenoxy) is 2.